The molecule has 0 fully saturated rings. The van der Waals surface area contributed by atoms with Gasteiger partial charge in [-0.3, -0.25) is 9.48 Å². The SMILES string of the molecule is CCCCCn1nc(C(C)(C)C)cc1C(=O)NCc1ccc(Cl)cc1. The van der Waals surface area contributed by atoms with Crippen molar-refractivity contribution in [3.05, 3.63) is 52.3 Å². The third-order valence-corrected chi connectivity index (χ3v) is 4.37. The highest BCUT2D eigenvalue weighted by Gasteiger charge is 2.22. The summed E-state index contributed by atoms with van der Waals surface area (Å²) in [7, 11) is 0. The van der Waals surface area contributed by atoms with Crippen LogP contribution in [0.2, 0.25) is 5.02 Å². The summed E-state index contributed by atoms with van der Waals surface area (Å²) in [6.07, 6.45) is 3.31. The number of carbonyl (C=O) groups is 1. The lowest BCUT2D eigenvalue weighted by Crippen LogP contribution is -2.25. The molecule has 0 aliphatic carbocycles. The first-order valence-corrected chi connectivity index (χ1v) is 9.30. The minimum atomic E-state index is -0.0885. The Labute approximate surface area is 155 Å². The van der Waals surface area contributed by atoms with Crippen LogP contribution in [0.1, 0.15) is 68.7 Å². The molecule has 0 saturated carbocycles. The fourth-order valence-electron chi connectivity index (χ4n) is 2.52. The zero-order valence-electron chi connectivity index (χ0n) is 15.6. The molecule has 136 valence electrons. The molecule has 2 aromatic rings. The van der Waals surface area contributed by atoms with Crippen molar-refractivity contribution < 1.29 is 4.79 Å². The summed E-state index contributed by atoms with van der Waals surface area (Å²) in [4.78, 5) is 12.7. The van der Waals surface area contributed by atoms with Gasteiger partial charge in [-0.05, 0) is 30.2 Å². The third-order valence-electron chi connectivity index (χ3n) is 4.12. The molecule has 1 heterocycles. The lowest BCUT2D eigenvalue weighted by Gasteiger charge is -2.14. The molecule has 0 aliphatic heterocycles. The van der Waals surface area contributed by atoms with Crippen LogP contribution in [0, 0.1) is 0 Å². The molecule has 0 saturated heterocycles. The largest absolute Gasteiger partial charge is 0.347 e. The molecule has 5 heteroatoms. The van der Waals surface area contributed by atoms with Crippen LogP contribution in [0.15, 0.2) is 30.3 Å². The Kier molecular flexibility index (Phi) is 6.65. The second-order valence-electron chi connectivity index (χ2n) is 7.40. The van der Waals surface area contributed by atoms with E-state index in [0.717, 1.165) is 37.1 Å². The van der Waals surface area contributed by atoms with E-state index in [1.54, 1.807) is 0 Å². The van der Waals surface area contributed by atoms with E-state index in [1.807, 2.05) is 35.0 Å². The number of rotatable bonds is 7. The number of benzene rings is 1. The Morgan fingerprint density at radius 3 is 2.48 bits per heavy atom. The molecule has 0 aliphatic rings. The summed E-state index contributed by atoms with van der Waals surface area (Å²) < 4.78 is 1.85. The van der Waals surface area contributed by atoms with Gasteiger partial charge in [-0.1, -0.05) is 64.3 Å². The molecular weight excluding hydrogens is 334 g/mol. The van der Waals surface area contributed by atoms with E-state index < -0.39 is 0 Å². The van der Waals surface area contributed by atoms with Crippen molar-refractivity contribution in [1.82, 2.24) is 15.1 Å². The fraction of sp³-hybridized carbons (Fsp3) is 0.500. The van der Waals surface area contributed by atoms with Gasteiger partial charge in [0.15, 0.2) is 0 Å². The van der Waals surface area contributed by atoms with E-state index in [-0.39, 0.29) is 11.3 Å². The fourth-order valence-corrected chi connectivity index (χ4v) is 2.65. The quantitative estimate of drug-likeness (QED) is 0.709. The molecule has 2 rings (SSSR count). The number of unbranched alkanes of at least 4 members (excludes halogenated alkanes) is 2. The number of hydrogen-bond donors (Lipinski definition) is 1. The number of nitrogens with zero attached hydrogens (tertiary/aromatic N) is 2. The highest BCUT2D eigenvalue weighted by atomic mass is 35.5. The van der Waals surface area contributed by atoms with Gasteiger partial charge >= 0.3 is 0 Å². The van der Waals surface area contributed by atoms with Crippen LogP contribution < -0.4 is 5.32 Å². The zero-order chi connectivity index (χ0) is 18.4. The number of aryl methyl sites for hydroxylation is 1. The van der Waals surface area contributed by atoms with Gasteiger partial charge in [0.25, 0.3) is 5.91 Å². The van der Waals surface area contributed by atoms with Gasteiger partial charge in [-0.25, -0.2) is 0 Å². The van der Waals surface area contributed by atoms with Crippen molar-refractivity contribution in [2.24, 2.45) is 0 Å². The van der Waals surface area contributed by atoms with Gasteiger partial charge in [0.1, 0.15) is 5.69 Å². The molecule has 1 amide bonds. The van der Waals surface area contributed by atoms with E-state index in [4.69, 9.17) is 11.6 Å². The number of halogens is 1. The molecular formula is C20H28ClN3O. The summed E-state index contributed by atoms with van der Waals surface area (Å²) in [5, 5.41) is 8.36. The van der Waals surface area contributed by atoms with E-state index in [0.29, 0.717) is 17.3 Å². The smallest absolute Gasteiger partial charge is 0.269 e. The minimum absolute atomic E-state index is 0.0821. The summed E-state index contributed by atoms with van der Waals surface area (Å²) >= 11 is 5.90. The second-order valence-corrected chi connectivity index (χ2v) is 7.84. The van der Waals surface area contributed by atoms with Crippen molar-refractivity contribution in [3.63, 3.8) is 0 Å². The standard InChI is InChI=1S/C20H28ClN3O/c1-5-6-7-12-24-17(13-18(23-24)20(2,3)4)19(25)22-14-15-8-10-16(21)11-9-15/h8-11,13H,5-7,12,14H2,1-4H3,(H,22,25). The number of nitrogens with one attached hydrogen (secondary N) is 1. The first kappa shape index (κ1) is 19.5. The maximum absolute atomic E-state index is 12.7. The highest BCUT2D eigenvalue weighted by Crippen LogP contribution is 2.22. The van der Waals surface area contributed by atoms with Crippen LogP contribution in [0.4, 0.5) is 0 Å². The molecule has 0 radical (unpaired) electrons. The minimum Gasteiger partial charge on any atom is -0.347 e. The van der Waals surface area contributed by atoms with Crippen molar-refractivity contribution in [3.8, 4) is 0 Å². The lowest BCUT2D eigenvalue weighted by molar-refractivity contribution is 0.0939. The Balaban J connectivity index is 2.12. The Morgan fingerprint density at radius 1 is 1.20 bits per heavy atom. The lowest BCUT2D eigenvalue weighted by atomic mass is 9.92. The molecule has 4 nitrogen and oxygen atoms in total. The normalized spacial score (nSPS) is 11.6. The highest BCUT2D eigenvalue weighted by molar-refractivity contribution is 6.30. The van der Waals surface area contributed by atoms with Gasteiger partial charge in [-0.15, -0.1) is 0 Å². The number of amides is 1. The van der Waals surface area contributed by atoms with E-state index in [2.05, 4.69) is 38.1 Å². The van der Waals surface area contributed by atoms with E-state index in [1.165, 1.54) is 0 Å². The van der Waals surface area contributed by atoms with Crippen LogP contribution in [-0.2, 0) is 18.5 Å². The van der Waals surface area contributed by atoms with Crippen LogP contribution in [0.25, 0.3) is 0 Å². The topological polar surface area (TPSA) is 46.9 Å². The van der Waals surface area contributed by atoms with Gasteiger partial charge in [0.05, 0.1) is 5.69 Å². The first-order valence-electron chi connectivity index (χ1n) is 8.92. The Bertz CT molecular complexity index is 699. The summed E-state index contributed by atoms with van der Waals surface area (Å²) in [6.45, 7) is 9.75. The van der Waals surface area contributed by atoms with Gasteiger partial charge < -0.3 is 5.32 Å². The second kappa shape index (κ2) is 8.52. The van der Waals surface area contributed by atoms with E-state index in [9.17, 15) is 4.79 Å². The number of aromatic nitrogens is 2. The maximum atomic E-state index is 12.7. The van der Waals surface area contributed by atoms with Gasteiger partial charge in [0, 0.05) is 23.5 Å². The van der Waals surface area contributed by atoms with Gasteiger partial charge in [-0.2, -0.15) is 5.10 Å². The number of hydrogen-bond acceptors (Lipinski definition) is 2. The summed E-state index contributed by atoms with van der Waals surface area (Å²) in [5.41, 5.74) is 2.52. The first-order chi connectivity index (χ1) is 11.8. The zero-order valence-corrected chi connectivity index (χ0v) is 16.4. The van der Waals surface area contributed by atoms with Crippen LogP contribution >= 0.6 is 11.6 Å². The molecule has 1 aromatic carbocycles. The third kappa shape index (κ3) is 5.60. The monoisotopic (exact) mass is 361 g/mol. The van der Waals surface area contributed by atoms with Gasteiger partial charge in [0.2, 0.25) is 0 Å². The molecule has 25 heavy (non-hydrogen) atoms. The summed E-state index contributed by atoms with van der Waals surface area (Å²) in [6, 6.07) is 9.41. The molecule has 1 N–H and O–H groups in total. The molecule has 0 bridgehead atoms. The summed E-state index contributed by atoms with van der Waals surface area (Å²) in [5.74, 6) is -0.0885. The average Bonchev–Trinajstić information content (AvgIpc) is 2.99. The Hall–Kier alpha value is -1.81. The Morgan fingerprint density at radius 2 is 1.88 bits per heavy atom. The van der Waals surface area contributed by atoms with Crippen LogP contribution in [-0.4, -0.2) is 15.7 Å². The van der Waals surface area contributed by atoms with Crippen molar-refractivity contribution in [1.29, 1.82) is 0 Å². The van der Waals surface area contributed by atoms with Crippen molar-refractivity contribution >= 4 is 17.5 Å². The van der Waals surface area contributed by atoms with Crippen LogP contribution in [0.5, 0.6) is 0 Å². The van der Waals surface area contributed by atoms with E-state index >= 15 is 0 Å². The molecule has 0 spiro atoms. The number of carbonyl (C=O) groups excluding carboxylic acids is 1. The molecule has 0 atom stereocenters. The van der Waals surface area contributed by atoms with Crippen molar-refractivity contribution in [2.75, 3.05) is 0 Å². The molecule has 1 aromatic heterocycles. The van der Waals surface area contributed by atoms with Crippen molar-refractivity contribution in [2.45, 2.75) is 65.5 Å². The average molecular weight is 362 g/mol. The predicted octanol–water partition coefficient (Wildman–Crippen LogP) is 4.95. The maximum Gasteiger partial charge on any atom is 0.269 e. The molecule has 0 unspecified atom stereocenters. The predicted molar refractivity (Wildman–Crippen MR) is 103 cm³/mol. The van der Waals surface area contributed by atoms with Crippen LogP contribution in [0.3, 0.4) is 0 Å².